The molecule has 0 aliphatic carbocycles. The number of fused-ring (bicyclic) bond motifs is 1. The maximum absolute atomic E-state index is 5.92. The average molecular weight is 302 g/mol. The molecule has 0 aliphatic heterocycles. The van der Waals surface area contributed by atoms with Gasteiger partial charge in [-0.1, -0.05) is 23.7 Å². The number of rotatable bonds is 3. The topological polar surface area (TPSA) is 55.3 Å². The Bertz CT molecular complexity index is 767. The summed E-state index contributed by atoms with van der Waals surface area (Å²) in [5.74, 6) is 0. The molecule has 0 spiro atoms. The molecule has 0 amide bonds. The van der Waals surface area contributed by atoms with Crippen LogP contribution in [-0.4, -0.2) is 12.0 Å². The number of aromatic nitrogens is 1. The van der Waals surface area contributed by atoms with Gasteiger partial charge in [0.1, 0.15) is 5.52 Å². The molecule has 3 aromatic rings. The van der Waals surface area contributed by atoms with Gasteiger partial charge in [0, 0.05) is 17.8 Å². The molecule has 0 saturated carbocycles. The molecular weight excluding hydrogens is 286 g/mol. The number of nitrogens with zero attached hydrogens (tertiary/aromatic N) is 2. The Morgan fingerprint density at radius 1 is 1.19 bits per heavy atom. The minimum absolute atomic E-state index is 0.118. The molecule has 2 N–H and O–H groups in total. The largest absolute Gasteiger partial charge is 0.423 e. The highest BCUT2D eigenvalue weighted by molar-refractivity contribution is 6.30. The Morgan fingerprint density at radius 3 is 2.62 bits per heavy atom. The third-order valence-electron chi connectivity index (χ3n) is 3.64. The Hall–Kier alpha value is -2.20. The minimum Gasteiger partial charge on any atom is -0.423 e. The lowest BCUT2D eigenvalue weighted by atomic mass is 10.1. The molecule has 108 valence electrons. The van der Waals surface area contributed by atoms with Crippen LogP contribution in [0, 0.1) is 0 Å². The van der Waals surface area contributed by atoms with Gasteiger partial charge in [-0.25, -0.2) is 0 Å². The molecule has 21 heavy (non-hydrogen) atoms. The van der Waals surface area contributed by atoms with Gasteiger partial charge in [0.05, 0.1) is 6.04 Å². The third-order valence-corrected chi connectivity index (χ3v) is 3.89. The fourth-order valence-corrected chi connectivity index (χ4v) is 2.34. The number of oxazole rings is 1. The van der Waals surface area contributed by atoms with Crippen LogP contribution in [0.3, 0.4) is 0 Å². The minimum atomic E-state index is 0.118. The van der Waals surface area contributed by atoms with Crippen molar-refractivity contribution in [3.05, 3.63) is 53.1 Å². The molecule has 1 heterocycles. The van der Waals surface area contributed by atoms with Crippen LogP contribution < -0.4 is 10.6 Å². The van der Waals surface area contributed by atoms with Crippen molar-refractivity contribution < 1.29 is 4.42 Å². The summed E-state index contributed by atoms with van der Waals surface area (Å²) in [4.78, 5) is 6.48. The van der Waals surface area contributed by atoms with Gasteiger partial charge in [-0.2, -0.15) is 4.98 Å². The van der Waals surface area contributed by atoms with E-state index in [1.54, 1.807) is 6.07 Å². The molecule has 0 radical (unpaired) electrons. The first-order valence-corrected chi connectivity index (χ1v) is 7.07. The maximum atomic E-state index is 5.92. The molecule has 1 unspecified atom stereocenters. The number of nitrogen functional groups attached to an aromatic ring is 1. The Balaban J connectivity index is 1.91. The number of nitrogens with two attached hydrogens (primary N) is 1. The molecule has 0 bridgehead atoms. The highest BCUT2D eigenvalue weighted by atomic mass is 35.5. The molecule has 0 fully saturated rings. The van der Waals surface area contributed by atoms with Crippen molar-refractivity contribution in [3.8, 4) is 0 Å². The van der Waals surface area contributed by atoms with Crippen molar-refractivity contribution in [2.45, 2.75) is 13.0 Å². The zero-order valence-electron chi connectivity index (χ0n) is 11.9. The maximum Gasteiger partial charge on any atom is 0.298 e. The van der Waals surface area contributed by atoms with Crippen LogP contribution in [0.15, 0.2) is 46.9 Å². The summed E-state index contributed by atoms with van der Waals surface area (Å²) in [7, 11) is 1.95. The summed E-state index contributed by atoms with van der Waals surface area (Å²) in [5, 5.41) is 0.728. The van der Waals surface area contributed by atoms with Crippen LogP contribution >= 0.6 is 11.6 Å². The van der Waals surface area contributed by atoms with Gasteiger partial charge in [0.2, 0.25) is 0 Å². The van der Waals surface area contributed by atoms with Crippen LogP contribution in [0.5, 0.6) is 0 Å². The number of anilines is 2. The highest BCUT2D eigenvalue weighted by Crippen LogP contribution is 2.29. The summed E-state index contributed by atoms with van der Waals surface area (Å²) in [6.45, 7) is 2.09. The van der Waals surface area contributed by atoms with E-state index in [-0.39, 0.29) is 6.04 Å². The molecule has 1 atom stereocenters. The normalized spacial score (nSPS) is 12.5. The first-order chi connectivity index (χ1) is 10.0. The van der Waals surface area contributed by atoms with Crippen LogP contribution in [-0.2, 0) is 0 Å². The predicted molar refractivity (Wildman–Crippen MR) is 86.7 cm³/mol. The van der Waals surface area contributed by atoms with E-state index < -0.39 is 0 Å². The molecule has 4 nitrogen and oxygen atoms in total. The summed E-state index contributed by atoms with van der Waals surface area (Å²) >= 11 is 5.92. The average Bonchev–Trinajstić information content (AvgIpc) is 2.89. The molecule has 2 aromatic carbocycles. The standard InChI is InChI=1S/C16H16ClN3O/c1-10(11-3-5-12(17)6-4-11)20(2)16-19-14-9-13(18)7-8-15(14)21-16/h3-10H,18H2,1-2H3. The van der Waals surface area contributed by atoms with Gasteiger partial charge in [0.15, 0.2) is 5.58 Å². The number of hydrogen-bond donors (Lipinski definition) is 1. The van der Waals surface area contributed by atoms with E-state index in [1.165, 1.54) is 0 Å². The number of hydrogen-bond acceptors (Lipinski definition) is 4. The van der Waals surface area contributed by atoms with Crippen LogP contribution in [0.4, 0.5) is 11.7 Å². The van der Waals surface area contributed by atoms with Gasteiger partial charge >= 0.3 is 0 Å². The first kappa shape index (κ1) is 13.8. The lowest BCUT2D eigenvalue weighted by Crippen LogP contribution is -2.21. The van der Waals surface area contributed by atoms with E-state index in [0.29, 0.717) is 11.7 Å². The van der Waals surface area contributed by atoms with Crippen molar-refractivity contribution in [2.75, 3.05) is 17.7 Å². The number of halogens is 1. The number of benzene rings is 2. The van der Waals surface area contributed by atoms with Crippen molar-refractivity contribution in [2.24, 2.45) is 0 Å². The SMILES string of the molecule is CC(c1ccc(Cl)cc1)N(C)c1nc2cc(N)ccc2o1. The molecule has 0 saturated heterocycles. The van der Waals surface area contributed by atoms with Crippen molar-refractivity contribution >= 4 is 34.4 Å². The van der Waals surface area contributed by atoms with Crippen LogP contribution in [0.1, 0.15) is 18.5 Å². The first-order valence-electron chi connectivity index (χ1n) is 6.69. The smallest absolute Gasteiger partial charge is 0.298 e. The van der Waals surface area contributed by atoms with Crippen molar-refractivity contribution in [1.29, 1.82) is 0 Å². The second kappa shape index (κ2) is 5.30. The fraction of sp³-hybridized carbons (Fsp3) is 0.188. The van der Waals surface area contributed by atoms with Gasteiger partial charge in [-0.3, -0.25) is 0 Å². The van der Waals surface area contributed by atoms with Gasteiger partial charge < -0.3 is 15.1 Å². The van der Waals surface area contributed by atoms with Gasteiger partial charge in [-0.05, 0) is 42.8 Å². The Labute approximate surface area is 128 Å². The van der Waals surface area contributed by atoms with E-state index in [0.717, 1.165) is 21.7 Å². The lowest BCUT2D eigenvalue weighted by molar-refractivity contribution is 0.557. The molecule has 1 aromatic heterocycles. The van der Waals surface area contributed by atoms with Crippen molar-refractivity contribution in [1.82, 2.24) is 4.98 Å². The highest BCUT2D eigenvalue weighted by Gasteiger charge is 2.17. The summed E-state index contributed by atoms with van der Waals surface area (Å²) in [5.41, 5.74) is 9.08. The zero-order chi connectivity index (χ0) is 15.0. The van der Waals surface area contributed by atoms with Gasteiger partial charge in [-0.15, -0.1) is 0 Å². The Morgan fingerprint density at radius 2 is 1.90 bits per heavy atom. The van der Waals surface area contributed by atoms with Crippen LogP contribution in [0.25, 0.3) is 11.1 Å². The zero-order valence-corrected chi connectivity index (χ0v) is 12.6. The summed E-state index contributed by atoms with van der Waals surface area (Å²) in [6.07, 6.45) is 0. The van der Waals surface area contributed by atoms with E-state index in [9.17, 15) is 0 Å². The monoisotopic (exact) mass is 301 g/mol. The second-order valence-corrected chi connectivity index (χ2v) is 5.50. The summed E-state index contributed by atoms with van der Waals surface area (Å²) in [6, 6.07) is 13.9. The molecule has 0 aliphatic rings. The lowest BCUT2D eigenvalue weighted by Gasteiger charge is -2.23. The van der Waals surface area contributed by atoms with Crippen LogP contribution in [0.2, 0.25) is 5.02 Å². The molecule has 5 heteroatoms. The summed E-state index contributed by atoms with van der Waals surface area (Å²) < 4.78 is 5.78. The van der Waals surface area contributed by atoms with E-state index in [1.807, 2.05) is 48.3 Å². The quantitative estimate of drug-likeness (QED) is 0.734. The van der Waals surface area contributed by atoms with E-state index >= 15 is 0 Å². The molecule has 3 rings (SSSR count). The van der Waals surface area contributed by atoms with Crippen molar-refractivity contribution in [3.63, 3.8) is 0 Å². The van der Waals surface area contributed by atoms with E-state index in [2.05, 4.69) is 11.9 Å². The van der Waals surface area contributed by atoms with E-state index in [4.69, 9.17) is 21.8 Å². The Kier molecular flexibility index (Phi) is 3.47. The fourth-order valence-electron chi connectivity index (χ4n) is 2.21. The van der Waals surface area contributed by atoms with Gasteiger partial charge in [0.25, 0.3) is 6.01 Å². The predicted octanol–water partition coefficient (Wildman–Crippen LogP) is 4.26. The third kappa shape index (κ3) is 2.67. The molecular formula is C16H16ClN3O. The second-order valence-electron chi connectivity index (χ2n) is 5.06.